The van der Waals surface area contributed by atoms with E-state index in [-0.39, 0.29) is 12.5 Å². The van der Waals surface area contributed by atoms with E-state index in [4.69, 9.17) is 21.1 Å². The van der Waals surface area contributed by atoms with Gasteiger partial charge in [-0.2, -0.15) is 5.10 Å². The molecule has 0 unspecified atom stereocenters. The highest BCUT2D eigenvalue weighted by molar-refractivity contribution is 6.31. The van der Waals surface area contributed by atoms with Gasteiger partial charge in [-0.25, -0.2) is 4.79 Å². The molecule has 0 radical (unpaired) electrons. The normalized spacial score (nSPS) is 10.6. The Kier molecular flexibility index (Phi) is 7.89. The summed E-state index contributed by atoms with van der Waals surface area (Å²) in [5, 5.41) is 7.83. The number of nitrogens with zero attached hydrogens (tertiary/aromatic N) is 2. The first-order valence-corrected chi connectivity index (χ1v) is 10.6. The van der Waals surface area contributed by atoms with Crippen LogP contribution in [0.2, 0.25) is 5.02 Å². The number of methoxy groups -OCH3 is 1. The molecular weight excluding hydrogens is 430 g/mol. The summed E-state index contributed by atoms with van der Waals surface area (Å²) in [5.41, 5.74) is 3.53. The quantitative estimate of drug-likeness (QED) is 0.497. The third-order valence-electron chi connectivity index (χ3n) is 5.09. The van der Waals surface area contributed by atoms with Crippen molar-refractivity contribution in [3.8, 4) is 5.75 Å². The molecule has 3 aromatic rings. The standard InChI is InChI=1S/C24H26ClN3O4/c1-16-23(17(2)28(27-16)14-19-6-4-5-7-21(19)25)24(30)32-15-22(29)26-13-12-18-8-10-20(31-3)11-9-18/h4-11H,12-15H2,1-3H3,(H,26,29). The molecule has 0 atom stereocenters. The van der Waals surface area contributed by atoms with E-state index in [0.29, 0.717) is 41.5 Å². The van der Waals surface area contributed by atoms with Crippen molar-refractivity contribution >= 4 is 23.5 Å². The van der Waals surface area contributed by atoms with Crippen LogP contribution in [0, 0.1) is 13.8 Å². The Bertz CT molecular complexity index is 1090. The molecule has 0 spiro atoms. The number of nitrogens with one attached hydrogen (secondary N) is 1. The summed E-state index contributed by atoms with van der Waals surface area (Å²) in [4.78, 5) is 24.7. The Morgan fingerprint density at radius 2 is 1.81 bits per heavy atom. The van der Waals surface area contributed by atoms with Gasteiger partial charge in [0.25, 0.3) is 5.91 Å². The first-order valence-electron chi connectivity index (χ1n) is 10.2. The molecule has 32 heavy (non-hydrogen) atoms. The second kappa shape index (κ2) is 10.8. The predicted octanol–water partition coefficient (Wildman–Crippen LogP) is 3.73. The van der Waals surface area contributed by atoms with Gasteiger partial charge in [-0.1, -0.05) is 41.9 Å². The SMILES string of the molecule is COc1ccc(CCNC(=O)COC(=O)c2c(C)nn(Cc3ccccc3Cl)c2C)cc1. The molecule has 0 aliphatic carbocycles. The third kappa shape index (κ3) is 5.88. The summed E-state index contributed by atoms with van der Waals surface area (Å²) in [7, 11) is 1.61. The van der Waals surface area contributed by atoms with E-state index in [1.807, 2.05) is 48.5 Å². The van der Waals surface area contributed by atoms with E-state index in [1.54, 1.807) is 25.6 Å². The van der Waals surface area contributed by atoms with Crippen LogP contribution in [0.4, 0.5) is 0 Å². The number of halogens is 1. The first kappa shape index (κ1) is 23.3. The van der Waals surface area contributed by atoms with Gasteiger partial charge < -0.3 is 14.8 Å². The van der Waals surface area contributed by atoms with Crippen LogP contribution in [-0.2, 0) is 22.5 Å². The number of esters is 1. The van der Waals surface area contributed by atoms with Crippen molar-refractivity contribution in [1.29, 1.82) is 0 Å². The smallest absolute Gasteiger partial charge is 0.342 e. The molecule has 8 heteroatoms. The van der Waals surface area contributed by atoms with Crippen molar-refractivity contribution in [2.45, 2.75) is 26.8 Å². The fourth-order valence-corrected chi connectivity index (χ4v) is 3.52. The Morgan fingerprint density at radius 3 is 2.50 bits per heavy atom. The second-order valence-corrected chi connectivity index (χ2v) is 7.73. The van der Waals surface area contributed by atoms with Gasteiger partial charge in [0.2, 0.25) is 0 Å². The molecule has 1 N–H and O–H groups in total. The molecule has 0 aliphatic rings. The van der Waals surface area contributed by atoms with Gasteiger partial charge in [0.15, 0.2) is 6.61 Å². The monoisotopic (exact) mass is 455 g/mol. The lowest BCUT2D eigenvalue weighted by atomic mass is 10.1. The summed E-state index contributed by atoms with van der Waals surface area (Å²) in [6, 6.07) is 15.1. The number of amides is 1. The van der Waals surface area contributed by atoms with Crippen LogP contribution in [0.5, 0.6) is 5.75 Å². The fraction of sp³-hybridized carbons (Fsp3) is 0.292. The molecule has 0 saturated heterocycles. The average molecular weight is 456 g/mol. The van der Waals surface area contributed by atoms with Crippen molar-refractivity contribution in [2.75, 3.05) is 20.3 Å². The first-order chi connectivity index (χ1) is 15.4. The molecule has 0 saturated carbocycles. The van der Waals surface area contributed by atoms with E-state index in [0.717, 1.165) is 16.9 Å². The van der Waals surface area contributed by atoms with Crippen LogP contribution in [0.1, 0.15) is 32.9 Å². The maximum Gasteiger partial charge on any atom is 0.342 e. The molecule has 0 aliphatic heterocycles. The van der Waals surface area contributed by atoms with Crippen LogP contribution in [0.25, 0.3) is 0 Å². The van der Waals surface area contributed by atoms with Crippen LogP contribution in [0.15, 0.2) is 48.5 Å². The van der Waals surface area contributed by atoms with Crippen LogP contribution in [-0.4, -0.2) is 41.9 Å². The van der Waals surface area contributed by atoms with Crippen LogP contribution >= 0.6 is 11.6 Å². The minimum Gasteiger partial charge on any atom is -0.497 e. The largest absolute Gasteiger partial charge is 0.497 e. The highest BCUT2D eigenvalue weighted by atomic mass is 35.5. The number of aryl methyl sites for hydroxylation is 1. The van der Waals surface area contributed by atoms with Gasteiger partial charge in [-0.15, -0.1) is 0 Å². The molecule has 7 nitrogen and oxygen atoms in total. The number of ether oxygens (including phenoxy) is 2. The number of carbonyl (C=O) groups is 2. The summed E-state index contributed by atoms with van der Waals surface area (Å²) in [6.45, 7) is 4.06. The highest BCUT2D eigenvalue weighted by Gasteiger charge is 2.21. The maximum atomic E-state index is 12.6. The van der Waals surface area contributed by atoms with E-state index in [9.17, 15) is 9.59 Å². The third-order valence-corrected chi connectivity index (χ3v) is 5.46. The van der Waals surface area contributed by atoms with Crippen molar-refractivity contribution in [3.63, 3.8) is 0 Å². The number of aromatic nitrogens is 2. The summed E-state index contributed by atoms with van der Waals surface area (Å²) < 4.78 is 12.1. The molecule has 3 rings (SSSR count). The number of carbonyl (C=O) groups excluding carboxylic acids is 2. The Labute approximate surface area is 192 Å². The lowest BCUT2D eigenvalue weighted by molar-refractivity contribution is -0.124. The summed E-state index contributed by atoms with van der Waals surface area (Å²) in [5.74, 6) is -0.146. The minimum atomic E-state index is -0.573. The fourth-order valence-electron chi connectivity index (χ4n) is 3.33. The molecule has 168 valence electrons. The number of rotatable bonds is 9. The van der Waals surface area contributed by atoms with Gasteiger partial charge in [0.1, 0.15) is 11.3 Å². The highest BCUT2D eigenvalue weighted by Crippen LogP contribution is 2.20. The van der Waals surface area contributed by atoms with Gasteiger partial charge in [-0.3, -0.25) is 9.48 Å². The van der Waals surface area contributed by atoms with Gasteiger partial charge in [0.05, 0.1) is 25.0 Å². The summed E-state index contributed by atoms with van der Waals surface area (Å²) >= 11 is 6.23. The van der Waals surface area contributed by atoms with Crippen LogP contribution in [0.3, 0.4) is 0 Å². The zero-order valence-corrected chi connectivity index (χ0v) is 19.1. The van der Waals surface area contributed by atoms with Crippen molar-refractivity contribution in [2.24, 2.45) is 0 Å². The molecule has 2 aromatic carbocycles. The van der Waals surface area contributed by atoms with Crippen molar-refractivity contribution in [1.82, 2.24) is 15.1 Å². The van der Waals surface area contributed by atoms with Crippen molar-refractivity contribution < 1.29 is 19.1 Å². The van der Waals surface area contributed by atoms with E-state index in [2.05, 4.69) is 10.4 Å². The number of hydrogen-bond donors (Lipinski definition) is 1. The minimum absolute atomic E-state index is 0.351. The molecule has 0 bridgehead atoms. The average Bonchev–Trinajstić information content (AvgIpc) is 3.07. The van der Waals surface area contributed by atoms with Crippen LogP contribution < -0.4 is 10.1 Å². The number of hydrogen-bond acceptors (Lipinski definition) is 5. The molecular formula is C24H26ClN3O4. The zero-order valence-electron chi connectivity index (χ0n) is 18.4. The Balaban J connectivity index is 1.51. The lowest BCUT2D eigenvalue weighted by Gasteiger charge is -2.08. The zero-order chi connectivity index (χ0) is 23.1. The lowest BCUT2D eigenvalue weighted by Crippen LogP contribution is -2.30. The molecule has 0 fully saturated rings. The summed E-state index contributed by atoms with van der Waals surface area (Å²) in [6.07, 6.45) is 0.663. The molecule has 1 amide bonds. The Hall–Kier alpha value is -3.32. The van der Waals surface area contributed by atoms with Gasteiger partial charge >= 0.3 is 5.97 Å². The molecule has 1 aromatic heterocycles. The molecule has 1 heterocycles. The topological polar surface area (TPSA) is 82.4 Å². The second-order valence-electron chi connectivity index (χ2n) is 7.32. The van der Waals surface area contributed by atoms with E-state index < -0.39 is 5.97 Å². The Morgan fingerprint density at radius 1 is 1.09 bits per heavy atom. The number of benzene rings is 2. The maximum absolute atomic E-state index is 12.6. The van der Waals surface area contributed by atoms with E-state index in [1.165, 1.54) is 0 Å². The predicted molar refractivity (Wildman–Crippen MR) is 122 cm³/mol. The van der Waals surface area contributed by atoms with Gasteiger partial charge in [0, 0.05) is 11.6 Å². The van der Waals surface area contributed by atoms with Crippen molar-refractivity contribution in [3.05, 3.63) is 81.6 Å². The van der Waals surface area contributed by atoms with E-state index >= 15 is 0 Å². The van der Waals surface area contributed by atoms with Gasteiger partial charge in [-0.05, 0) is 49.6 Å².